The first-order chi connectivity index (χ1) is 11.8. The van der Waals surface area contributed by atoms with Crippen LogP contribution >= 0.6 is 7.92 Å². The van der Waals surface area contributed by atoms with Crippen molar-refractivity contribution in [3.05, 3.63) is 78.9 Å². The summed E-state index contributed by atoms with van der Waals surface area (Å²) in [6.45, 7) is 4.70. The largest absolute Gasteiger partial charge is 0.0781 e. The molecule has 0 aromatic heterocycles. The van der Waals surface area contributed by atoms with E-state index in [1.807, 2.05) is 0 Å². The zero-order chi connectivity index (χ0) is 16.5. The smallest absolute Gasteiger partial charge is 0.00223 e. The molecule has 0 saturated heterocycles. The minimum absolute atomic E-state index is 0.146. The van der Waals surface area contributed by atoms with Gasteiger partial charge in [0.05, 0.1) is 0 Å². The predicted octanol–water partition coefficient (Wildman–Crippen LogP) is 6.42. The minimum Gasteiger partial charge on any atom is -0.0781 e. The fourth-order valence-corrected chi connectivity index (χ4v) is 4.77. The van der Waals surface area contributed by atoms with Crippen molar-refractivity contribution in [1.29, 1.82) is 0 Å². The Bertz CT molecular complexity index is 1010. The molecule has 118 valence electrons. The number of fused-ring (bicyclic) bond motifs is 2. The Labute approximate surface area is 144 Å². The van der Waals surface area contributed by atoms with E-state index in [9.17, 15) is 0 Å². The highest BCUT2D eigenvalue weighted by molar-refractivity contribution is 7.65. The molecule has 0 bridgehead atoms. The van der Waals surface area contributed by atoms with Crippen molar-refractivity contribution in [1.82, 2.24) is 0 Å². The number of hydrogen-bond acceptors (Lipinski definition) is 0. The van der Waals surface area contributed by atoms with Crippen LogP contribution in [0.2, 0.25) is 0 Å². The average Bonchev–Trinajstić information content (AvgIpc) is 2.66. The first-order valence-electron chi connectivity index (χ1n) is 8.50. The van der Waals surface area contributed by atoms with E-state index in [0.717, 1.165) is 0 Å². The second kappa shape index (κ2) is 6.38. The molecule has 1 unspecified atom stereocenters. The summed E-state index contributed by atoms with van der Waals surface area (Å²) in [7, 11) is -0.146. The van der Waals surface area contributed by atoms with Gasteiger partial charge in [-0.3, -0.25) is 0 Å². The van der Waals surface area contributed by atoms with Gasteiger partial charge in [-0.05, 0) is 50.8 Å². The van der Waals surface area contributed by atoms with E-state index in [4.69, 9.17) is 0 Å². The van der Waals surface area contributed by atoms with Crippen molar-refractivity contribution in [3.8, 4) is 11.1 Å². The second-order valence-electron chi connectivity index (χ2n) is 6.22. The van der Waals surface area contributed by atoms with Gasteiger partial charge in [0.1, 0.15) is 0 Å². The molecule has 0 heterocycles. The summed E-state index contributed by atoms with van der Waals surface area (Å²) in [5, 5.41) is 6.86. The summed E-state index contributed by atoms with van der Waals surface area (Å²) in [5.41, 5.74) is 2.79. The molecule has 4 aromatic carbocycles. The molecule has 0 saturated carbocycles. The lowest BCUT2D eigenvalue weighted by molar-refractivity contribution is 1.50. The highest BCUT2D eigenvalue weighted by Crippen LogP contribution is 2.40. The van der Waals surface area contributed by atoms with Crippen LogP contribution in [0.25, 0.3) is 32.7 Å². The van der Waals surface area contributed by atoms with Crippen LogP contribution in [0, 0.1) is 0 Å². The Morgan fingerprint density at radius 1 is 0.667 bits per heavy atom. The van der Waals surface area contributed by atoms with Gasteiger partial charge < -0.3 is 0 Å². The molecule has 0 aliphatic heterocycles. The molecule has 4 rings (SSSR count). The molecule has 0 fully saturated rings. The van der Waals surface area contributed by atoms with E-state index < -0.39 is 0 Å². The fraction of sp³-hybridized carbons (Fsp3) is 0.130. The molecule has 1 heteroatoms. The molecule has 0 N–H and O–H groups in total. The summed E-state index contributed by atoms with van der Waals surface area (Å²) >= 11 is 0. The summed E-state index contributed by atoms with van der Waals surface area (Å²) in [5.74, 6) is 0. The third kappa shape index (κ3) is 2.52. The number of rotatable bonds is 3. The molecule has 0 nitrogen and oxygen atoms in total. The SMILES string of the molecule is CCP(C)c1ccc2ccccc2c1-c1cccc2ccccc12. The third-order valence-electron chi connectivity index (χ3n) is 4.85. The van der Waals surface area contributed by atoms with Crippen molar-refractivity contribution >= 4 is 34.8 Å². The van der Waals surface area contributed by atoms with Crippen LogP contribution in [0.1, 0.15) is 6.92 Å². The van der Waals surface area contributed by atoms with E-state index >= 15 is 0 Å². The lowest BCUT2D eigenvalue weighted by atomic mass is 9.94. The third-order valence-corrected chi connectivity index (χ3v) is 7.00. The van der Waals surface area contributed by atoms with Crippen molar-refractivity contribution in [3.63, 3.8) is 0 Å². The lowest BCUT2D eigenvalue weighted by Crippen LogP contribution is -2.07. The normalized spacial score (nSPS) is 12.6. The molecule has 0 aliphatic carbocycles. The standard InChI is InChI=1S/C23H21P/c1-3-24(2)22-16-15-18-10-5-7-13-20(18)23(22)21-14-8-11-17-9-4-6-12-19(17)21/h4-16H,3H2,1-2H3. The maximum Gasteiger partial charge on any atom is -0.00223 e. The van der Waals surface area contributed by atoms with E-state index in [-0.39, 0.29) is 7.92 Å². The molecular formula is C23H21P. The van der Waals surface area contributed by atoms with Gasteiger partial charge in [-0.2, -0.15) is 0 Å². The van der Waals surface area contributed by atoms with Crippen LogP contribution < -0.4 is 5.30 Å². The Hall–Kier alpha value is -2.17. The number of benzene rings is 4. The van der Waals surface area contributed by atoms with Crippen LogP contribution in [0.4, 0.5) is 0 Å². The van der Waals surface area contributed by atoms with Crippen LogP contribution in [0.3, 0.4) is 0 Å². The maximum absolute atomic E-state index is 2.40. The molecule has 4 aromatic rings. The van der Waals surface area contributed by atoms with Crippen molar-refractivity contribution in [2.24, 2.45) is 0 Å². The van der Waals surface area contributed by atoms with E-state index in [1.165, 1.54) is 44.1 Å². The quantitative estimate of drug-likeness (QED) is 0.381. The fourth-order valence-electron chi connectivity index (χ4n) is 3.47. The minimum atomic E-state index is -0.146. The van der Waals surface area contributed by atoms with E-state index in [2.05, 4.69) is 92.5 Å². The van der Waals surface area contributed by atoms with E-state index in [1.54, 1.807) is 0 Å². The average molecular weight is 328 g/mol. The van der Waals surface area contributed by atoms with Gasteiger partial charge in [0.2, 0.25) is 0 Å². The summed E-state index contributed by atoms with van der Waals surface area (Å²) < 4.78 is 0. The van der Waals surface area contributed by atoms with Crippen LogP contribution in [0.15, 0.2) is 78.9 Å². The van der Waals surface area contributed by atoms with Gasteiger partial charge in [-0.25, -0.2) is 0 Å². The number of hydrogen-bond donors (Lipinski definition) is 0. The highest BCUT2D eigenvalue weighted by Gasteiger charge is 2.15. The molecule has 0 radical (unpaired) electrons. The molecule has 24 heavy (non-hydrogen) atoms. The van der Waals surface area contributed by atoms with Gasteiger partial charge in [0.15, 0.2) is 0 Å². The molecule has 0 amide bonds. The van der Waals surface area contributed by atoms with Crippen molar-refractivity contribution < 1.29 is 0 Å². The Kier molecular flexibility index (Phi) is 4.08. The molecule has 0 aliphatic rings. The van der Waals surface area contributed by atoms with Crippen molar-refractivity contribution in [2.45, 2.75) is 6.92 Å². The van der Waals surface area contributed by atoms with Gasteiger partial charge in [-0.1, -0.05) is 93.7 Å². The van der Waals surface area contributed by atoms with Gasteiger partial charge in [0, 0.05) is 0 Å². The maximum atomic E-state index is 2.40. The lowest BCUT2D eigenvalue weighted by Gasteiger charge is -2.19. The topological polar surface area (TPSA) is 0 Å². The monoisotopic (exact) mass is 328 g/mol. The van der Waals surface area contributed by atoms with Gasteiger partial charge in [-0.15, -0.1) is 0 Å². The van der Waals surface area contributed by atoms with Gasteiger partial charge >= 0.3 is 0 Å². The van der Waals surface area contributed by atoms with E-state index in [0.29, 0.717) is 0 Å². The highest BCUT2D eigenvalue weighted by atomic mass is 31.1. The molecule has 1 atom stereocenters. The molecule has 0 spiro atoms. The Balaban J connectivity index is 2.14. The molecular weight excluding hydrogens is 307 g/mol. The van der Waals surface area contributed by atoms with Gasteiger partial charge in [0.25, 0.3) is 0 Å². The summed E-state index contributed by atoms with van der Waals surface area (Å²) in [4.78, 5) is 0. The first kappa shape index (κ1) is 15.4. The second-order valence-corrected chi connectivity index (χ2v) is 8.73. The van der Waals surface area contributed by atoms with Crippen LogP contribution in [-0.4, -0.2) is 12.8 Å². The van der Waals surface area contributed by atoms with Crippen molar-refractivity contribution in [2.75, 3.05) is 12.8 Å². The summed E-state index contributed by atoms with van der Waals surface area (Å²) in [6.07, 6.45) is 1.21. The Morgan fingerprint density at radius 2 is 1.29 bits per heavy atom. The first-order valence-corrected chi connectivity index (χ1v) is 10.5. The van der Waals surface area contributed by atoms with Crippen LogP contribution in [-0.2, 0) is 0 Å². The van der Waals surface area contributed by atoms with Crippen LogP contribution in [0.5, 0.6) is 0 Å². The zero-order valence-electron chi connectivity index (χ0n) is 14.2. The zero-order valence-corrected chi connectivity index (χ0v) is 15.1. The summed E-state index contributed by atoms with van der Waals surface area (Å²) in [6, 6.07) is 28.8. The Morgan fingerprint density at radius 3 is 2.04 bits per heavy atom. The predicted molar refractivity (Wildman–Crippen MR) is 110 cm³/mol.